The highest BCUT2D eigenvalue weighted by atomic mass is 32.1. The Morgan fingerprint density at radius 1 is 1.50 bits per heavy atom. The molecule has 20 heavy (non-hydrogen) atoms. The van der Waals surface area contributed by atoms with Gasteiger partial charge in [0.15, 0.2) is 0 Å². The number of nitrogens with one attached hydrogen (secondary N) is 1. The average molecular weight is 295 g/mol. The van der Waals surface area contributed by atoms with Crippen molar-refractivity contribution in [2.45, 2.75) is 13.3 Å². The van der Waals surface area contributed by atoms with Crippen molar-refractivity contribution in [3.05, 3.63) is 10.6 Å². The molecule has 3 N–H and O–H groups in total. The van der Waals surface area contributed by atoms with Crippen molar-refractivity contribution in [3.8, 4) is 0 Å². The van der Waals surface area contributed by atoms with Crippen LogP contribution in [0.4, 0.5) is 5.69 Å². The van der Waals surface area contributed by atoms with Crippen LogP contribution in [0.25, 0.3) is 10.2 Å². The first-order valence-corrected chi connectivity index (χ1v) is 7.38. The molecule has 0 unspecified atom stereocenters. The van der Waals surface area contributed by atoms with Gasteiger partial charge in [-0.05, 0) is 34.0 Å². The molecular weight excluding hydrogens is 274 g/mol. The Kier molecular flexibility index (Phi) is 4.29. The van der Waals surface area contributed by atoms with Gasteiger partial charge in [-0.2, -0.15) is 5.10 Å². The third kappa shape index (κ3) is 2.78. The Hall–Kier alpha value is -1.60. The molecule has 0 saturated heterocycles. The Morgan fingerprint density at radius 2 is 2.20 bits per heavy atom. The van der Waals surface area contributed by atoms with Crippen LogP contribution < -0.4 is 11.1 Å². The summed E-state index contributed by atoms with van der Waals surface area (Å²) in [7, 11) is 5.90. The van der Waals surface area contributed by atoms with Crippen molar-refractivity contribution in [1.29, 1.82) is 0 Å². The van der Waals surface area contributed by atoms with Crippen LogP contribution in [0, 0.1) is 6.92 Å². The Morgan fingerprint density at radius 3 is 2.80 bits per heavy atom. The van der Waals surface area contributed by atoms with Gasteiger partial charge in [-0.25, -0.2) is 0 Å². The zero-order valence-electron chi connectivity index (χ0n) is 12.4. The molecule has 7 heteroatoms. The average Bonchev–Trinajstić information content (AvgIpc) is 2.85. The number of carbonyl (C=O) groups excluding carboxylic acids is 1. The Labute approximate surface area is 122 Å². The van der Waals surface area contributed by atoms with Gasteiger partial charge in [0.25, 0.3) is 5.91 Å². The number of anilines is 1. The van der Waals surface area contributed by atoms with Gasteiger partial charge in [-0.15, -0.1) is 11.3 Å². The fourth-order valence-electron chi connectivity index (χ4n) is 2.18. The van der Waals surface area contributed by atoms with Crippen molar-refractivity contribution < 1.29 is 4.79 Å². The Balaban J connectivity index is 2.11. The molecule has 0 aliphatic rings. The highest BCUT2D eigenvalue weighted by Crippen LogP contribution is 2.35. The van der Waals surface area contributed by atoms with Gasteiger partial charge in [0, 0.05) is 13.6 Å². The molecule has 0 radical (unpaired) electrons. The van der Waals surface area contributed by atoms with Crippen LogP contribution in [0.3, 0.4) is 0 Å². The number of thiophene rings is 1. The topological polar surface area (TPSA) is 76.2 Å². The fourth-order valence-corrected chi connectivity index (χ4v) is 3.28. The molecule has 6 nitrogen and oxygen atoms in total. The van der Waals surface area contributed by atoms with E-state index in [1.807, 2.05) is 28.1 Å². The van der Waals surface area contributed by atoms with Gasteiger partial charge in [0.05, 0.1) is 16.8 Å². The Bertz CT molecular complexity index is 628. The van der Waals surface area contributed by atoms with E-state index in [2.05, 4.69) is 15.3 Å². The lowest BCUT2D eigenvalue weighted by Gasteiger charge is -2.09. The minimum Gasteiger partial charge on any atom is -0.397 e. The fraction of sp³-hybridized carbons (Fsp3) is 0.538. The molecule has 0 aromatic carbocycles. The maximum Gasteiger partial charge on any atom is 0.263 e. The van der Waals surface area contributed by atoms with E-state index in [4.69, 9.17) is 5.73 Å². The molecule has 2 rings (SSSR count). The van der Waals surface area contributed by atoms with Gasteiger partial charge in [0.2, 0.25) is 0 Å². The molecule has 0 atom stereocenters. The van der Waals surface area contributed by atoms with E-state index >= 15 is 0 Å². The lowest BCUT2D eigenvalue weighted by Crippen LogP contribution is -2.27. The van der Waals surface area contributed by atoms with Crippen molar-refractivity contribution >= 4 is 33.1 Å². The lowest BCUT2D eigenvalue weighted by atomic mass is 10.2. The predicted octanol–water partition coefficient (Wildman–Crippen LogP) is 1.21. The van der Waals surface area contributed by atoms with Gasteiger partial charge < -0.3 is 16.0 Å². The van der Waals surface area contributed by atoms with Crippen LogP contribution in [0.2, 0.25) is 0 Å². The van der Waals surface area contributed by atoms with Crippen molar-refractivity contribution in [3.63, 3.8) is 0 Å². The summed E-state index contributed by atoms with van der Waals surface area (Å²) in [5.41, 5.74) is 7.50. The monoisotopic (exact) mass is 295 g/mol. The second kappa shape index (κ2) is 5.80. The number of aromatic nitrogens is 2. The minimum atomic E-state index is -0.0955. The third-order valence-corrected chi connectivity index (χ3v) is 4.43. The van der Waals surface area contributed by atoms with Crippen LogP contribution in [-0.4, -0.2) is 47.8 Å². The summed E-state index contributed by atoms with van der Waals surface area (Å²) in [6.07, 6.45) is 0.921. The number of nitrogens with zero attached hydrogens (tertiary/aromatic N) is 3. The molecule has 2 aromatic heterocycles. The van der Waals surface area contributed by atoms with Gasteiger partial charge >= 0.3 is 0 Å². The molecule has 0 fully saturated rings. The number of carbonyl (C=O) groups is 1. The number of amides is 1. The summed E-state index contributed by atoms with van der Waals surface area (Å²) in [6.45, 7) is 3.51. The summed E-state index contributed by atoms with van der Waals surface area (Å²) >= 11 is 1.40. The summed E-state index contributed by atoms with van der Waals surface area (Å²) in [5, 5.41) is 8.14. The molecule has 2 aromatic rings. The standard InChI is InChI=1S/C13H21N5OS/c1-8-9-10(14)11(20-13(9)18(4)16-8)12(19)15-6-5-7-17(2)3/h5-7,14H2,1-4H3,(H,15,19). The zero-order chi connectivity index (χ0) is 14.9. The molecule has 1 amide bonds. The van der Waals surface area contributed by atoms with Gasteiger partial charge in [0.1, 0.15) is 9.71 Å². The summed E-state index contributed by atoms with van der Waals surface area (Å²) in [4.78, 5) is 15.8. The quantitative estimate of drug-likeness (QED) is 0.813. The van der Waals surface area contributed by atoms with Crippen LogP contribution in [0.1, 0.15) is 21.8 Å². The highest BCUT2D eigenvalue weighted by molar-refractivity contribution is 7.21. The first-order chi connectivity index (χ1) is 9.41. The lowest BCUT2D eigenvalue weighted by molar-refractivity contribution is 0.0957. The van der Waals surface area contributed by atoms with Crippen LogP contribution >= 0.6 is 11.3 Å². The molecule has 0 aliphatic carbocycles. The number of aryl methyl sites for hydroxylation is 2. The molecule has 0 saturated carbocycles. The molecule has 110 valence electrons. The second-order valence-electron chi connectivity index (χ2n) is 5.15. The normalized spacial score (nSPS) is 11.4. The number of rotatable bonds is 5. The molecule has 0 aliphatic heterocycles. The van der Waals surface area contributed by atoms with Gasteiger partial charge in [-0.3, -0.25) is 9.48 Å². The molecular formula is C13H21N5OS. The van der Waals surface area contributed by atoms with E-state index in [1.165, 1.54) is 11.3 Å². The molecule has 2 heterocycles. The number of nitrogen functional groups attached to an aromatic ring is 1. The third-order valence-electron chi connectivity index (χ3n) is 3.16. The smallest absolute Gasteiger partial charge is 0.263 e. The predicted molar refractivity (Wildman–Crippen MR) is 83.2 cm³/mol. The zero-order valence-corrected chi connectivity index (χ0v) is 13.2. The largest absolute Gasteiger partial charge is 0.397 e. The van der Waals surface area contributed by atoms with Crippen molar-refractivity contribution in [2.24, 2.45) is 7.05 Å². The van der Waals surface area contributed by atoms with E-state index in [0.29, 0.717) is 17.1 Å². The first kappa shape index (κ1) is 14.8. The number of hydrogen-bond donors (Lipinski definition) is 2. The second-order valence-corrected chi connectivity index (χ2v) is 6.15. The number of hydrogen-bond acceptors (Lipinski definition) is 5. The molecule has 0 spiro atoms. The van der Waals surface area contributed by atoms with Crippen LogP contribution in [0.15, 0.2) is 0 Å². The highest BCUT2D eigenvalue weighted by Gasteiger charge is 2.20. The van der Waals surface area contributed by atoms with E-state index in [1.54, 1.807) is 4.68 Å². The first-order valence-electron chi connectivity index (χ1n) is 6.56. The van der Waals surface area contributed by atoms with Crippen LogP contribution in [0.5, 0.6) is 0 Å². The molecule has 0 bridgehead atoms. The maximum absolute atomic E-state index is 12.2. The van der Waals surface area contributed by atoms with Gasteiger partial charge in [-0.1, -0.05) is 0 Å². The summed E-state index contributed by atoms with van der Waals surface area (Å²) in [6, 6.07) is 0. The maximum atomic E-state index is 12.2. The van der Waals surface area contributed by atoms with Crippen LogP contribution in [-0.2, 0) is 7.05 Å². The summed E-state index contributed by atoms with van der Waals surface area (Å²) < 4.78 is 1.77. The number of nitrogens with two attached hydrogens (primary N) is 1. The van der Waals surface area contributed by atoms with E-state index in [-0.39, 0.29) is 5.91 Å². The van der Waals surface area contributed by atoms with E-state index < -0.39 is 0 Å². The van der Waals surface area contributed by atoms with Crippen molar-refractivity contribution in [1.82, 2.24) is 20.0 Å². The SMILES string of the molecule is Cc1nn(C)c2sc(C(=O)NCCCN(C)C)c(N)c12. The summed E-state index contributed by atoms with van der Waals surface area (Å²) in [5.74, 6) is -0.0955. The van der Waals surface area contributed by atoms with E-state index in [9.17, 15) is 4.79 Å². The number of fused-ring (bicyclic) bond motifs is 1. The van der Waals surface area contributed by atoms with E-state index in [0.717, 1.165) is 28.9 Å². The van der Waals surface area contributed by atoms with Crippen molar-refractivity contribution in [2.75, 3.05) is 32.9 Å². The minimum absolute atomic E-state index is 0.0955.